The van der Waals surface area contributed by atoms with Gasteiger partial charge in [0, 0.05) is 10.8 Å². The van der Waals surface area contributed by atoms with Crippen LogP contribution in [-0.4, -0.2) is 28.1 Å². The fraction of sp³-hybridized carbons (Fsp3) is 0.462. The highest BCUT2D eigenvalue weighted by atomic mass is 35.5. The summed E-state index contributed by atoms with van der Waals surface area (Å²) in [6.45, 7) is 1.87. The standard InChI is InChI=1S/C13H16ClNO2S/c1-9(10-4-2-3-5-11(10)14)15-12(16)13(17)6-7-18-8-13/h2-5,9,17H,6-8H2,1H3,(H,15,16). The average molecular weight is 286 g/mol. The molecule has 0 aliphatic carbocycles. The number of hydrogen-bond acceptors (Lipinski definition) is 3. The minimum absolute atomic E-state index is 0.208. The van der Waals surface area contributed by atoms with Crippen LogP contribution in [0.3, 0.4) is 0 Å². The van der Waals surface area contributed by atoms with E-state index in [0.29, 0.717) is 17.2 Å². The number of benzene rings is 1. The Morgan fingerprint density at radius 2 is 2.28 bits per heavy atom. The van der Waals surface area contributed by atoms with E-state index in [1.807, 2.05) is 25.1 Å². The van der Waals surface area contributed by atoms with Gasteiger partial charge in [0.25, 0.3) is 5.91 Å². The van der Waals surface area contributed by atoms with Gasteiger partial charge in [-0.05, 0) is 30.7 Å². The van der Waals surface area contributed by atoms with Gasteiger partial charge >= 0.3 is 0 Å². The molecule has 18 heavy (non-hydrogen) atoms. The second-order valence-corrected chi connectivity index (χ2v) is 6.06. The number of aliphatic hydroxyl groups is 1. The van der Waals surface area contributed by atoms with Crippen LogP contribution in [0.4, 0.5) is 0 Å². The lowest BCUT2D eigenvalue weighted by molar-refractivity contribution is -0.137. The Bertz CT molecular complexity index is 446. The van der Waals surface area contributed by atoms with Crippen molar-refractivity contribution >= 4 is 29.3 Å². The molecule has 0 spiro atoms. The monoisotopic (exact) mass is 285 g/mol. The van der Waals surface area contributed by atoms with Crippen molar-refractivity contribution in [1.29, 1.82) is 0 Å². The number of carbonyl (C=O) groups is 1. The van der Waals surface area contributed by atoms with Crippen LogP contribution in [0.1, 0.15) is 24.9 Å². The molecule has 1 aromatic rings. The van der Waals surface area contributed by atoms with Crippen molar-refractivity contribution in [3.05, 3.63) is 34.9 Å². The molecule has 1 aliphatic heterocycles. The zero-order chi connectivity index (χ0) is 13.2. The van der Waals surface area contributed by atoms with Gasteiger partial charge in [-0.3, -0.25) is 4.79 Å². The van der Waals surface area contributed by atoms with E-state index in [2.05, 4.69) is 5.32 Å². The van der Waals surface area contributed by atoms with Crippen LogP contribution in [-0.2, 0) is 4.79 Å². The van der Waals surface area contributed by atoms with Gasteiger partial charge in [-0.25, -0.2) is 0 Å². The van der Waals surface area contributed by atoms with E-state index in [0.717, 1.165) is 11.3 Å². The molecule has 1 amide bonds. The molecule has 0 aromatic heterocycles. The third kappa shape index (κ3) is 2.82. The summed E-state index contributed by atoms with van der Waals surface area (Å²) in [4.78, 5) is 12.0. The fourth-order valence-corrected chi connectivity index (χ4v) is 3.51. The molecule has 0 bridgehead atoms. The first-order valence-electron chi connectivity index (χ1n) is 5.88. The minimum Gasteiger partial charge on any atom is -0.379 e. The van der Waals surface area contributed by atoms with Gasteiger partial charge in [0.15, 0.2) is 5.60 Å². The topological polar surface area (TPSA) is 49.3 Å². The van der Waals surface area contributed by atoms with Crippen LogP contribution >= 0.6 is 23.4 Å². The van der Waals surface area contributed by atoms with Gasteiger partial charge in [0.1, 0.15) is 0 Å². The van der Waals surface area contributed by atoms with Gasteiger partial charge in [0.05, 0.1) is 6.04 Å². The van der Waals surface area contributed by atoms with E-state index < -0.39 is 5.60 Å². The third-order valence-electron chi connectivity index (χ3n) is 3.14. The smallest absolute Gasteiger partial charge is 0.253 e. The highest BCUT2D eigenvalue weighted by molar-refractivity contribution is 7.99. The number of carbonyl (C=O) groups excluding carboxylic acids is 1. The van der Waals surface area contributed by atoms with E-state index >= 15 is 0 Å². The summed E-state index contributed by atoms with van der Waals surface area (Å²) < 4.78 is 0. The molecule has 0 saturated carbocycles. The lowest BCUT2D eigenvalue weighted by Crippen LogP contribution is -2.47. The highest BCUT2D eigenvalue weighted by Crippen LogP contribution is 2.29. The maximum Gasteiger partial charge on any atom is 0.253 e. The molecule has 2 unspecified atom stereocenters. The Morgan fingerprint density at radius 1 is 1.56 bits per heavy atom. The predicted molar refractivity (Wildman–Crippen MR) is 74.9 cm³/mol. The van der Waals surface area contributed by atoms with Gasteiger partial charge in [-0.15, -0.1) is 0 Å². The largest absolute Gasteiger partial charge is 0.379 e. The number of rotatable bonds is 3. The van der Waals surface area contributed by atoms with Crippen molar-refractivity contribution in [3.8, 4) is 0 Å². The summed E-state index contributed by atoms with van der Waals surface area (Å²) in [5.41, 5.74) is -0.359. The summed E-state index contributed by atoms with van der Waals surface area (Å²) in [7, 11) is 0. The summed E-state index contributed by atoms with van der Waals surface area (Å²) >= 11 is 7.68. The third-order valence-corrected chi connectivity index (χ3v) is 4.66. The first kappa shape index (κ1) is 13.7. The second kappa shape index (κ2) is 5.51. The van der Waals surface area contributed by atoms with E-state index in [1.54, 1.807) is 17.8 Å². The molecule has 2 atom stereocenters. The number of thioether (sulfide) groups is 1. The fourth-order valence-electron chi connectivity index (χ4n) is 1.97. The van der Waals surface area contributed by atoms with E-state index in [4.69, 9.17) is 11.6 Å². The van der Waals surface area contributed by atoms with Crippen LogP contribution in [0.5, 0.6) is 0 Å². The van der Waals surface area contributed by atoms with Crippen molar-refractivity contribution in [3.63, 3.8) is 0 Å². The zero-order valence-electron chi connectivity index (χ0n) is 10.1. The number of hydrogen-bond donors (Lipinski definition) is 2. The minimum atomic E-state index is -1.22. The zero-order valence-corrected chi connectivity index (χ0v) is 11.7. The molecule has 98 valence electrons. The Morgan fingerprint density at radius 3 is 2.89 bits per heavy atom. The maximum absolute atomic E-state index is 12.0. The Labute approximate surface area is 116 Å². The summed E-state index contributed by atoms with van der Waals surface area (Å²) in [6.07, 6.45) is 0.513. The van der Waals surface area contributed by atoms with Crippen molar-refractivity contribution in [1.82, 2.24) is 5.32 Å². The first-order valence-corrected chi connectivity index (χ1v) is 7.42. The Hall–Kier alpha value is -0.710. The van der Waals surface area contributed by atoms with Crippen LogP contribution in [0.25, 0.3) is 0 Å². The molecule has 2 rings (SSSR count). The van der Waals surface area contributed by atoms with Crippen molar-refractivity contribution in [2.45, 2.75) is 25.0 Å². The molecule has 1 saturated heterocycles. The Balaban J connectivity index is 2.06. The maximum atomic E-state index is 12.0. The molecule has 5 heteroatoms. The molecule has 1 aliphatic rings. The van der Waals surface area contributed by atoms with E-state index in [1.165, 1.54) is 0 Å². The molecule has 1 heterocycles. The Kier molecular flexibility index (Phi) is 4.20. The molecule has 0 radical (unpaired) electrons. The van der Waals surface area contributed by atoms with Crippen molar-refractivity contribution in [2.24, 2.45) is 0 Å². The molecule has 1 aromatic carbocycles. The predicted octanol–water partition coefficient (Wildman–Crippen LogP) is 2.39. The number of nitrogens with one attached hydrogen (secondary N) is 1. The van der Waals surface area contributed by atoms with E-state index in [9.17, 15) is 9.90 Å². The number of halogens is 1. The number of amides is 1. The quantitative estimate of drug-likeness (QED) is 0.896. The summed E-state index contributed by atoms with van der Waals surface area (Å²) in [6, 6.07) is 7.19. The molecule has 1 fully saturated rings. The van der Waals surface area contributed by atoms with Gasteiger partial charge in [0.2, 0.25) is 0 Å². The average Bonchev–Trinajstić information content (AvgIpc) is 2.78. The molecular weight excluding hydrogens is 270 g/mol. The van der Waals surface area contributed by atoms with E-state index in [-0.39, 0.29) is 11.9 Å². The molecule has 3 nitrogen and oxygen atoms in total. The van der Waals surface area contributed by atoms with Crippen LogP contribution in [0, 0.1) is 0 Å². The normalized spacial score (nSPS) is 24.8. The van der Waals surface area contributed by atoms with Crippen LogP contribution in [0.2, 0.25) is 5.02 Å². The summed E-state index contributed by atoms with van der Waals surface area (Å²) in [5, 5.41) is 13.6. The second-order valence-electron chi connectivity index (χ2n) is 4.55. The first-order chi connectivity index (χ1) is 8.53. The lowest BCUT2D eigenvalue weighted by atomic mass is 10.0. The molecular formula is C13H16ClNO2S. The highest BCUT2D eigenvalue weighted by Gasteiger charge is 2.39. The van der Waals surface area contributed by atoms with Gasteiger partial charge in [-0.2, -0.15) is 11.8 Å². The van der Waals surface area contributed by atoms with Crippen molar-refractivity contribution < 1.29 is 9.90 Å². The van der Waals surface area contributed by atoms with Gasteiger partial charge in [-0.1, -0.05) is 29.8 Å². The van der Waals surface area contributed by atoms with Gasteiger partial charge < -0.3 is 10.4 Å². The summed E-state index contributed by atoms with van der Waals surface area (Å²) in [5.74, 6) is 0.985. The SMILES string of the molecule is CC(NC(=O)C1(O)CCSC1)c1ccccc1Cl. The van der Waals surface area contributed by atoms with Crippen LogP contribution in [0.15, 0.2) is 24.3 Å². The molecule has 2 N–H and O–H groups in total. The lowest BCUT2D eigenvalue weighted by Gasteiger charge is -2.24. The van der Waals surface area contributed by atoms with Crippen LogP contribution < -0.4 is 5.32 Å². The van der Waals surface area contributed by atoms with Crippen molar-refractivity contribution in [2.75, 3.05) is 11.5 Å².